The number of hydrogen-bond donors (Lipinski definition) is 2. The Morgan fingerprint density at radius 1 is 0.857 bits per heavy atom. The van der Waals surface area contributed by atoms with Crippen molar-refractivity contribution in [3.8, 4) is 34.0 Å². The summed E-state index contributed by atoms with van der Waals surface area (Å²) in [5.41, 5.74) is 4.59. The van der Waals surface area contributed by atoms with Crippen molar-refractivity contribution in [1.82, 2.24) is 29.6 Å². The normalized spacial score (nSPS) is 15.8. The van der Waals surface area contributed by atoms with E-state index in [0.717, 1.165) is 38.8 Å². The van der Waals surface area contributed by atoms with Crippen LogP contribution < -0.4 is 20.1 Å². The van der Waals surface area contributed by atoms with Gasteiger partial charge in [0, 0.05) is 42.7 Å². The molecule has 4 amide bonds. The number of rotatable bonds is 12. The van der Waals surface area contributed by atoms with E-state index < -0.39 is 29.7 Å². The monoisotopic (exact) mass is 661 g/mol. The highest BCUT2D eigenvalue weighted by Gasteiger charge is 2.44. The number of nitrogens with one attached hydrogen (secondary N) is 2. The minimum atomic E-state index is -1.02. The van der Waals surface area contributed by atoms with Crippen molar-refractivity contribution in [1.29, 1.82) is 0 Å². The van der Waals surface area contributed by atoms with Gasteiger partial charge in [0.1, 0.15) is 35.6 Å². The number of carbonyl (C=O) groups is 4. The van der Waals surface area contributed by atoms with Gasteiger partial charge in [-0.1, -0.05) is 0 Å². The van der Waals surface area contributed by atoms with Crippen molar-refractivity contribution < 1.29 is 33.4 Å². The SMILES string of the molecule is COc1ccc2nc(-c3ccc(-c4ccnc(NCCOCCOc5ccc6c(c5)C(=O)N(C5CCC(=O)NC5=O)C6=O)c4)nc3)cn2c1. The van der Waals surface area contributed by atoms with Crippen LogP contribution in [0.5, 0.6) is 11.5 Å². The summed E-state index contributed by atoms with van der Waals surface area (Å²) in [6.45, 7) is 1.41. The number of nitrogens with zero attached hydrogens (tertiary/aromatic N) is 5. The lowest BCUT2D eigenvalue weighted by Gasteiger charge is -2.27. The van der Waals surface area contributed by atoms with Gasteiger partial charge in [0.25, 0.3) is 11.8 Å². The van der Waals surface area contributed by atoms with Gasteiger partial charge >= 0.3 is 0 Å². The number of piperidine rings is 1. The smallest absolute Gasteiger partial charge is 0.262 e. The Kier molecular flexibility index (Phi) is 8.68. The molecule has 0 saturated carbocycles. The second-order valence-electron chi connectivity index (χ2n) is 11.4. The number of pyridine rings is 3. The summed E-state index contributed by atoms with van der Waals surface area (Å²) in [6, 6.07) is 15.1. The molecule has 0 bridgehead atoms. The molecule has 4 aromatic heterocycles. The first kappa shape index (κ1) is 31.4. The van der Waals surface area contributed by atoms with Gasteiger partial charge in [-0.05, 0) is 61.0 Å². The molecule has 14 heteroatoms. The number of imide groups is 2. The number of hydrogen-bond acceptors (Lipinski definition) is 11. The van der Waals surface area contributed by atoms with Gasteiger partial charge in [-0.15, -0.1) is 0 Å². The highest BCUT2D eigenvalue weighted by Crippen LogP contribution is 2.30. The maximum absolute atomic E-state index is 13.0. The number of ether oxygens (including phenoxy) is 3. The number of methoxy groups -OCH3 is 1. The van der Waals surface area contributed by atoms with Crippen molar-refractivity contribution in [3.63, 3.8) is 0 Å². The molecule has 248 valence electrons. The van der Waals surface area contributed by atoms with Gasteiger partial charge in [0.05, 0.1) is 49.0 Å². The van der Waals surface area contributed by atoms with Gasteiger partial charge in [-0.25, -0.2) is 9.97 Å². The molecule has 0 aliphatic carbocycles. The minimum absolute atomic E-state index is 0.0615. The standard InChI is InChI=1S/C35H31N7O7/c1-47-24-4-8-31-39-28(20-41(31)19-24)22-2-6-27(38-18-22)21-10-11-36-30(16-21)37-12-13-48-14-15-49-23-3-5-25-26(17-23)35(46)42(34(25)45)29-7-9-32(43)40-33(29)44/h2-6,8,10-11,16-20,29H,7,9,12-15H2,1H3,(H,36,37)(H,40,43,44). The molecule has 1 atom stereocenters. The molecule has 49 heavy (non-hydrogen) atoms. The lowest BCUT2D eigenvalue weighted by atomic mass is 10.0. The molecular formula is C35H31N7O7. The molecule has 0 radical (unpaired) electrons. The van der Waals surface area contributed by atoms with Crippen LogP contribution >= 0.6 is 0 Å². The first-order chi connectivity index (χ1) is 23.9. The molecule has 1 unspecified atom stereocenters. The van der Waals surface area contributed by atoms with E-state index in [2.05, 4.69) is 25.6 Å². The zero-order valence-electron chi connectivity index (χ0n) is 26.4. The molecule has 2 N–H and O–H groups in total. The van der Waals surface area contributed by atoms with Crippen molar-refractivity contribution >= 4 is 35.1 Å². The van der Waals surface area contributed by atoms with E-state index in [0.29, 0.717) is 24.7 Å². The molecule has 1 fully saturated rings. The topological polar surface area (TPSA) is 166 Å². The van der Waals surface area contributed by atoms with Crippen LogP contribution in [-0.2, 0) is 14.3 Å². The van der Waals surface area contributed by atoms with Gasteiger partial charge < -0.3 is 23.9 Å². The van der Waals surface area contributed by atoms with E-state index in [1.165, 1.54) is 12.1 Å². The Bertz CT molecular complexity index is 2080. The van der Waals surface area contributed by atoms with Crippen molar-refractivity contribution in [3.05, 3.63) is 90.5 Å². The Labute approximate surface area is 280 Å². The summed E-state index contributed by atoms with van der Waals surface area (Å²) in [5.74, 6) is -0.388. The molecule has 5 aromatic rings. The number of benzene rings is 1. The fourth-order valence-electron chi connectivity index (χ4n) is 5.75. The molecule has 2 aliphatic rings. The highest BCUT2D eigenvalue weighted by atomic mass is 16.5. The van der Waals surface area contributed by atoms with Gasteiger partial charge in [0.2, 0.25) is 11.8 Å². The van der Waals surface area contributed by atoms with Crippen LogP contribution in [0.1, 0.15) is 33.6 Å². The fraction of sp³-hybridized carbons (Fsp3) is 0.229. The Hall–Kier alpha value is -6.15. The number of carbonyl (C=O) groups excluding carboxylic acids is 4. The van der Waals surface area contributed by atoms with Crippen LogP contribution in [0, 0.1) is 0 Å². The number of fused-ring (bicyclic) bond motifs is 2. The lowest BCUT2D eigenvalue weighted by Crippen LogP contribution is -2.54. The van der Waals surface area contributed by atoms with Crippen LogP contribution in [0.25, 0.3) is 28.2 Å². The maximum Gasteiger partial charge on any atom is 0.262 e. The number of aromatic nitrogens is 4. The molecule has 7 rings (SSSR count). The number of amides is 4. The van der Waals surface area contributed by atoms with E-state index in [1.807, 2.05) is 53.2 Å². The minimum Gasteiger partial charge on any atom is -0.495 e. The van der Waals surface area contributed by atoms with E-state index >= 15 is 0 Å². The van der Waals surface area contributed by atoms with Crippen molar-refractivity contribution in [2.45, 2.75) is 18.9 Å². The summed E-state index contributed by atoms with van der Waals surface area (Å²) in [5, 5.41) is 5.44. The molecule has 1 saturated heterocycles. The summed E-state index contributed by atoms with van der Waals surface area (Å²) >= 11 is 0. The second-order valence-corrected chi connectivity index (χ2v) is 11.4. The first-order valence-corrected chi connectivity index (χ1v) is 15.6. The molecule has 14 nitrogen and oxygen atoms in total. The third-order valence-corrected chi connectivity index (χ3v) is 8.23. The molecule has 2 aliphatic heterocycles. The third kappa shape index (κ3) is 6.53. The van der Waals surface area contributed by atoms with Crippen LogP contribution in [0.2, 0.25) is 0 Å². The van der Waals surface area contributed by atoms with Crippen molar-refractivity contribution in [2.24, 2.45) is 0 Å². The zero-order chi connectivity index (χ0) is 33.9. The third-order valence-electron chi connectivity index (χ3n) is 8.23. The summed E-state index contributed by atoms with van der Waals surface area (Å²) < 4.78 is 18.6. The largest absolute Gasteiger partial charge is 0.495 e. The second kappa shape index (κ2) is 13.5. The van der Waals surface area contributed by atoms with E-state index in [-0.39, 0.29) is 37.2 Å². The molecule has 0 spiro atoms. The molecule has 1 aromatic carbocycles. The summed E-state index contributed by atoms with van der Waals surface area (Å²) in [6.07, 6.45) is 7.50. The average Bonchev–Trinajstić information content (AvgIpc) is 3.65. The fourth-order valence-corrected chi connectivity index (χ4v) is 5.75. The predicted octanol–water partition coefficient (Wildman–Crippen LogP) is 3.38. The van der Waals surface area contributed by atoms with Crippen molar-refractivity contribution in [2.75, 3.05) is 38.8 Å². The Balaban J connectivity index is 0.864. The van der Waals surface area contributed by atoms with Crippen LogP contribution in [0.15, 0.2) is 79.4 Å². The van der Waals surface area contributed by atoms with Gasteiger partial charge in [-0.2, -0.15) is 0 Å². The number of anilines is 1. The van der Waals surface area contributed by atoms with Crippen LogP contribution in [0.4, 0.5) is 5.82 Å². The van der Waals surface area contributed by atoms with Crippen LogP contribution in [0.3, 0.4) is 0 Å². The lowest BCUT2D eigenvalue weighted by molar-refractivity contribution is -0.136. The van der Waals surface area contributed by atoms with Gasteiger partial charge in [-0.3, -0.25) is 34.4 Å². The quantitative estimate of drug-likeness (QED) is 0.149. The average molecular weight is 662 g/mol. The Morgan fingerprint density at radius 2 is 1.71 bits per heavy atom. The highest BCUT2D eigenvalue weighted by molar-refractivity contribution is 6.23. The van der Waals surface area contributed by atoms with Crippen LogP contribution in [-0.4, -0.2) is 87.4 Å². The number of imidazole rings is 1. The molecule has 6 heterocycles. The first-order valence-electron chi connectivity index (χ1n) is 15.6. The van der Waals surface area contributed by atoms with Gasteiger partial charge in [0.15, 0.2) is 0 Å². The predicted molar refractivity (Wildman–Crippen MR) is 176 cm³/mol. The maximum atomic E-state index is 13.0. The Morgan fingerprint density at radius 3 is 2.53 bits per heavy atom. The van der Waals surface area contributed by atoms with E-state index in [1.54, 1.807) is 25.6 Å². The summed E-state index contributed by atoms with van der Waals surface area (Å²) in [7, 11) is 1.63. The van der Waals surface area contributed by atoms with E-state index in [9.17, 15) is 19.2 Å². The zero-order valence-corrected chi connectivity index (χ0v) is 26.4. The molecular weight excluding hydrogens is 630 g/mol. The van der Waals surface area contributed by atoms with E-state index in [4.69, 9.17) is 14.2 Å². The summed E-state index contributed by atoms with van der Waals surface area (Å²) in [4.78, 5) is 64.2.